The highest BCUT2D eigenvalue weighted by atomic mass is 35.5. The second kappa shape index (κ2) is 8.40. The number of hydrogen-bond donors (Lipinski definition) is 2. The molecule has 3 unspecified atom stereocenters. The standard InChI is InChI=1S/C26H25ClN6O/c1-15-24(17-3-2-4-19(27)9-17)25(15)26(34)32-22-10-21(29-14-30-22)28-11-20-13-33-12-18(16-5-6-16)7-8-23(33)31-20/h2-4,7-10,12-16,24-25H,5-6,11H2,1H3,(H2,28,29,30,32,34). The van der Waals surface area contributed by atoms with Crippen molar-refractivity contribution in [2.24, 2.45) is 11.8 Å². The summed E-state index contributed by atoms with van der Waals surface area (Å²) in [6, 6.07) is 13.7. The van der Waals surface area contributed by atoms with Crippen molar-refractivity contribution in [3.05, 3.63) is 83.0 Å². The Morgan fingerprint density at radius 1 is 1.09 bits per heavy atom. The summed E-state index contributed by atoms with van der Waals surface area (Å²) in [5.74, 6) is 2.13. The first kappa shape index (κ1) is 21.1. The third-order valence-corrected chi connectivity index (χ3v) is 7.09. The summed E-state index contributed by atoms with van der Waals surface area (Å²) >= 11 is 6.13. The lowest BCUT2D eigenvalue weighted by Gasteiger charge is -2.07. The van der Waals surface area contributed by atoms with Gasteiger partial charge in [-0.1, -0.05) is 36.7 Å². The molecule has 172 valence electrons. The van der Waals surface area contributed by atoms with Crippen LogP contribution < -0.4 is 10.6 Å². The number of benzene rings is 1. The highest BCUT2D eigenvalue weighted by molar-refractivity contribution is 6.30. The number of rotatable bonds is 7. The fourth-order valence-electron chi connectivity index (χ4n) is 4.81. The van der Waals surface area contributed by atoms with E-state index in [1.165, 1.54) is 24.7 Å². The SMILES string of the molecule is CC1C(C(=O)Nc2cc(NCc3cn4cc(C5CC5)ccc4n3)ncn2)C1c1cccc(Cl)c1. The molecule has 3 heterocycles. The molecular weight excluding hydrogens is 448 g/mol. The smallest absolute Gasteiger partial charge is 0.229 e. The summed E-state index contributed by atoms with van der Waals surface area (Å²) in [5.41, 5.74) is 4.34. The summed E-state index contributed by atoms with van der Waals surface area (Å²) in [6.45, 7) is 2.62. The molecule has 6 rings (SSSR count). The Labute approximate surface area is 202 Å². The van der Waals surface area contributed by atoms with Crippen molar-refractivity contribution in [2.45, 2.75) is 38.1 Å². The van der Waals surface area contributed by atoms with Crippen LogP contribution in [0.15, 0.2) is 61.2 Å². The van der Waals surface area contributed by atoms with Gasteiger partial charge >= 0.3 is 0 Å². The number of nitrogens with one attached hydrogen (secondary N) is 2. The number of halogens is 1. The van der Waals surface area contributed by atoms with Crippen molar-refractivity contribution < 1.29 is 4.79 Å². The minimum Gasteiger partial charge on any atom is -0.364 e. The van der Waals surface area contributed by atoms with Crippen LogP contribution >= 0.6 is 11.6 Å². The quantitative estimate of drug-likeness (QED) is 0.383. The van der Waals surface area contributed by atoms with E-state index in [1.54, 1.807) is 6.07 Å². The molecule has 2 aliphatic rings. The highest BCUT2D eigenvalue weighted by Gasteiger charge is 2.52. The molecule has 0 radical (unpaired) electrons. The summed E-state index contributed by atoms with van der Waals surface area (Å²) < 4.78 is 2.09. The highest BCUT2D eigenvalue weighted by Crippen LogP contribution is 2.54. The monoisotopic (exact) mass is 472 g/mol. The maximum absolute atomic E-state index is 12.9. The zero-order valence-electron chi connectivity index (χ0n) is 18.8. The predicted octanol–water partition coefficient (Wildman–Crippen LogP) is 5.26. The van der Waals surface area contributed by atoms with Crippen LogP contribution in [-0.4, -0.2) is 25.3 Å². The lowest BCUT2D eigenvalue weighted by molar-refractivity contribution is -0.117. The Bertz CT molecular complexity index is 1380. The predicted molar refractivity (Wildman–Crippen MR) is 132 cm³/mol. The number of fused-ring (bicyclic) bond motifs is 1. The Morgan fingerprint density at radius 2 is 1.94 bits per heavy atom. The number of carbonyl (C=O) groups excluding carboxylic acids is 1. The molecule has 0 bridgehead atoms. The van der Waals surface area contributed by atoms with E-state index in [2.05, 4.69) is 55.2 Å². The van der Waals surface area contributed by atoms with Crippen LogP contribution in [0.2, 0.25) is 5.02 Å². The molecular formula is C26H25ClN6O. The van der Waals surface area contributed by atoms with Crippen LogP contribution in [0, 0.1) is 11.8 Å². The van der Waals surface area contributed by atoms with Crippen molar-refractivity contribution >= 4 is 34.8 Å². The maximum atomic E-state index is 12.9. The molecule has 8 heteroatoms. The van der Waals surface area contributed by atoms with Gasteiger partial charge in [-0.15, -0.1) is 0 Å². The Hall–Kier alpha value is -3.45. The van der Waals surface area contributed by atoms with Gasteiger partial charge < -0.3 is 15.0 Å². The molecule has 3 aromatic heterocycles. The third-order valence-electron chi connectivity index (χ3n) is 6.86. The number of pyridine rings is 1. The van der Waals surface area contributed by atoms with E-state index in [0.717, 1.165) is 16.9 Å². The number of imidazole rings is 1. The molecule has 1 aromatic carbocycles. The normalized spacial score (nSPS) is 21.4. The van der Waals surface area contributed by atoms with Crippen LogP contribution in [0.5, 0.6) is 0 Å². The summed E-state index contributed by atoms with van der Waals surface area (Å²) in [4.78, 5) is 26.1. The molecule has 2 fully saturated rings. The average molecular weight is 473 g/mol. The van der Waals surface area contributed by atoms with E-state index in [0.29, 0.717) is 29.1 Å². The fraction of sp³-hybridized carbons (Fsp3) is 0.308. The number of carbonyl (C=O) groups is 1. The minimum absolute atomic E-state index is 0.0334. The zero-order valence-corrected chi connectivity index (χ0v) is 19.5. The number of nitrogens with zero attached hydrogens (tertiary/aromatic N) is 4. The molecule has 1 amide bonds. The molecule has 3 atom stereocenters. The second-order valence-corrected chi connectivity index (χ2v) is 9.77. The van der Waals surface area contributed by atoms with Crippen molar-refractivity contribution in [2.75, 3.05) is 10.6 Å². The summed E-state index contributed by atoms with van der Waals surface area (Å²) in [6.07, 6.45) is 8.23. The Balaban J connectivity index is 1.09. The lowest BCUT2D eigenvalue weighted by atomic mass is 10.1. The number of amides is 1. The zero-order chi connectivity index (χ0) is 23.2. The average Bonchev–Trinajstić information content (AvgIpc) is 3.74. The Kier molecular flexibility index (Phi) is 5.21. The van der Waals surface area contributed by atoms with Gasteiger partial charge in [0.15, 0.2) is 0 Å². The number of aromatic nitrogens is 4. The van der Waals surface area contributed by atoms with Gasteiger partial charge in [0.1, 0.15) is 23.6 Å². The molecule has 7 nitrogen and oxygen atoms in total. The maximum Gasteiger partial charge on any atom is 0.229 e. The Morgan fingerprint density at radius 3 is 2.76 bits per heavy atom. The summed E-state index contributed by atoms with van der Waals surface area (Å²) in [5, 5.41) is 6.93. The number of hydrogen-bond acceptors (Lipinski definition) is 5. The van der Waals surface area contributed by atoms with Crippen molar-refractivity contribution in [1.29, 1.82) is 0 Å². The van der Waals surface area contributed by atoms with E-state index < -0.39 is 0 Å². The van der Waals surface area contributed by atoms with E-state index in [-0.39, 0.29) is 23.7 Å². The van der Waals surface area contributed by atoms with Gasteiger partial charge in [0.2, 0.25) is 5.91 Å². The van der Waals surface area contributed by atoms with Crippen molar-refractivity contribution in [1.82, 2.24) is 19.4 Å². The van der Waals surface area contributed by atoms with E-state index >= 15 is 0 Å². The van der Waals surface area contributed by atoms with Crippen LogP contribution in [0.25, 0.3) is 5.65 Å². The van der Waals surface area contributed by atoms with E-state index in [9.17, 15) is 4.79 Å². The van der Waals surface area contributed by atoms with Gasteiger partial charge in [-0.2, -0.15) is 0 Å². The third kappa shape index (κ3) is 4.23. The molecule has 0 aliphatic heterocycles. The fourth-order valence-corrected chi connectivity index (χ4v) is 5.01. The molecule has 2 aliphatic carbocycles. The van der Waals surface area contributed by atoms with Crippen LogP contribution in [0.1, 0.15) is 48.4 Å². The first-order valence-electron chi connectivity index (χ1n) is 11.6. The van der Waals surface area contributed by atoms with Crippen LogP contribution in [0.3, 0.4) is 0 Å². The van der Waals surface area contributed by atoms with Gasteiger partial charge in [0.25, 0.3) is 0 Å². The van der Waals surface area contributed by atoms with Crippen molar-refractivity contribution in [3.63, 3.8) is 0 Å². The number of anilines is 2. The molecule has 2 saturated carbocycles. The summed E-state index contributed by atoms with van der Waals surface area (Å²) in [7, 11) is 0. The van der Waals surface area contributed by atoms with Crippen LogP contribution in [0.4, 0.5) is 11.6 Å². The van der Waals surface area contributed by atoms with Gasteiger partial charge in [-0.25, -0.2) is 15.0 Å². The van der Waals surface area contributed by atoms with Crippen LogP contribution in [-0.2, 0) is 11.3 Å². The van der Waals surface area contributed by atoms with Gasteiger partial charge in [0.05, 0.1) is 12.2 Å². The first-order chi connectivity index (χ1) is 16.5. The minimum atomic E-state index is -0.0941. The van der Waals surface area contributed by atoms with E-state index in [4.69, 9.17) is 11.6 Å². The molecule has 0 spiro atoms. The van der Waals surface area contributed by atoms with Crippen molar-refractivity contribution in [3.8, 4) is 0 Å². The topological polar surface area (TPSA) is 84.2 Å². The second-order valence-electron chi connectivity index (χ2n) is 9.33. The lowest BCUT2D eigenvalue weighted by Crippen LogP contribution is -2.16. The van der Waals surface area contributed by atoms with Gasteiger partial charge in [-0.05, 0) is 59.9 Å². The van der Waals surface area contributed by atoms with E-state index in [1.807, 2.05) is 30.5 Å². The molecule has 4 aromatic rings. The molecule has 0 saturated heterocycles. The largest absolute Gasteiger partial charge is 0.364 e. The molecule has 2 N–H and O–H groups in total. The first-order valence-corrected chi connectivity index (χ1v) is 12.0. The van der Waals surface area contributed by atoms with Gasteiger partial charge in [-0.3, -0.25) is 4.79 Å². The van der Waals surface area contributed by atoms with Gasteiger partial charge in [0, 0.05) is 29.4 Å². The molecule has 34 heavy (non-hydrogen) atoms.